The van der Waals surface area contributed by atoms with Gasteiger partial charge in [0.2, 0.25) is 0 Å². The summed E-state index contributed by atoms with van der Waals surface area (Å²) in [4.78, 5) is 14.6. The fraction of sp³-hybridized carbons (Fsp3) is 0.238. The SMILES string of the molecule is O=C(COc1ccc(Cl)cc1)Nc1n[nH]c2c1CCN(Cc1ccccc1)C2. The molecule has 0 atom stereocenters. The summed E-state index contributed by atoms with van der Waals surface area (Å²) in [5.74, 6) is 0.954. The summed E-state index contributed by atoms with van der Waals surface area (Å²) < 4.78 is 5.48. The molecule has 0 bridgehead atoms. The Hall–Kier alpha value is -2.83. The Bertz CT molecular complexity index is 941. The molecule has 1 aliphatic rings. The number of halogens is 1. The van der Waals surface area contributed by atoms with Crippen molar-refractivity contribution in [3.05, 3.63) is 76.4 Å². The van der Waals surface area contributed by atoms with Gasteiger partial charge in [0.15, 0.2) is 12.4 Å². The first-order chi connectivity index (χ1) is 13.7. The fourth-order valence-corrected chi connectivity index (χ4v) is 3.43. The molecule has 1 aliphatic heterocycles. The Kier molecular flexibility index (Phi) is 5.60. The molecule has 2 aromatic carbocycles. The number of carbonyl (C=O) groups excluding carboxylic acids is 1. The second-order valence-corrected chi connectivity index (χ2v) is 7.20. The number of benzene rings is 2. The van der Waals surface area contributed by atoms with E-state index < -0.39 is 0 Å². The van der Waals surface area contributed by atoms with E-state index in [9.17, 15) is 4.79 Å². The first-order valence-corrected chi connectivity index (χ1v) is 9.56. The molecule has 0 saturated heterocycles. The van der Waals surface area contributed by atoms with Crippen LogP contribution in [0.3, 0.4) is 0 Å². The average Bonchev–Trinajstić information content (AvgIpc) is 3.10. The Morgan fingerprint density at radius 1 is 1.18 bits per heavy atom. The average molecular weight is 397 g/mol. The second-order valence-electron chi connectivity index (χ2n) is 6.77. The van der Waals surface area contributed by atoms with Gasteiger partial charge in [-0.2, -0.15) is 5.10 Å². The monoisotopic (exact) mass is 396 g/mol. The molecule has 6 nitrogen and oxygen atoms in total. The molecule has 1 amide bonds. The molecule has 2 heterocycles. The van der Waals surface area contributed by atoms with Gasteiger partial charge in [-0.15, -0.1) is 0 Å². The van der Waals surface area contributed by atoms with Crippen molar-refractivity contribution < 1.29 is 9.53 Å². The van der Waals surface area contributed by atoms with E-state index in [-0.39, 0.29) is 12.5 Å². The molecule has 0 saturated carbocycles. The van der Waals surface area contributed by atoms with Crippen molar-refractivity contribution in [3.8, 4) is 5.75 Å². The Morgan fingerprint density at radius 3 is 2.75 bits per heavy atom. The Balaban J connectivity index is 1.32. The lowest BCUT2D eigenvalue weighted by molar-refractivity contribution is -0.118. The molecule has 0 radical (unpaired) electrons. The van der Waals surface area contributed by atoms with E-state index in [0.717, 1.165) is 37.3 Å². The lowest BCUT2D eigenvalue weighted by Crippen LogP contribution is -2.30. The summed E-state index contributed by atoms with van der Waals surface area (Å²) >= 11 is 5.84. The molecule has 4 rings (SSSR count). The predicted molar refractivity (Wildman–Crippen MR) is 108 cm³/mol. The van der Waals surface area contributed by atoms with Crippen LogP contribution in [0.15, 0.2) is 54.6 Å². The van der Waals surface area contributed by atoms with Crippen LogP contribution in [0.5, 0.6) is 5.75 Å². The lowest BCUT2D eigenvalue weighted by atomic mass is 10.1. The van der Waals surface area contributed by atoms with Crippen LogP contribution in [-0.2, 0) is 24.3 Å². The number of fused-ring (bicyclic) bond motifs is 1. The van der Waals surface area contributed by atoms with Crippen molar-refractivity contribution >= 4 is 23.3 Å². The van der Waals surface area contributed by atoms with E-state index in [2.05, 4.69) is 44.7 Å². The van der Waals surface area contributed by atoms with Crippen LogP contribution < -0.4 is 10.1 Å². The van der Waals surface area contributed by atoms with E-state index in [1.807, 2.05) is 6.07 Å². The maximum absolute atomic E-state index is 12.2. The molecule has 0 aliphatic carbocycles. The first-order valence-electron chi connectivity index (χ1n) is 9.18. The summed E-state index contributed by atoms with van der Waals surface area (Å²) in [5.41, 5.74) is 3.42. The molecule has 28 heavy (non-hydrogen) atoms. The van der Waals surface area contributed by atoms with Crippen molar-refractivity contribution in [2.45, 2.75) is 19.5 Å². The van der Waals surface area contributed by atoms with E-state index in [1.54, 1.807) is 24.3 Å². The molecule has 2 N–H and O–H groups in total. The van der Waals surface area contributed by atoms with Gasteiger partial charge in [0.05, 0.1) is 5.69 Å². The molecule has 7 heteroatoms. The van der Waals surface area contributed by atoms with Crippen LogP contribution in [-0.4, -0.2) is 34.2 Å². The molecule has 1 aromatic heterocycles. The van der Waals surface area contributed by atoms with Crippen LogP contribution in [0.4, 0.5) is 5.82 Å². The van der Waals surface area contributed by atoms with Gasteiger partial charge in [0, 0.05) is 30.2 Å². The highest BCUT2D eigenvalue weighted by Gasteiger charge is 2.22. The number of hydrogen-bond donors (Lipinski definition) is 2. The lowest BCUT2D eigenvalue weighted by Gasteiger charge is -2.26. The summed E-state index contributed by atoms with van der Waals surface area (Å²) in [6, 6.07) is 17.3. The topological polar surface area (TPSA) is 70.2 Å². The standard InChI is InChI=1S/C21H21ClN4O2/c22-16-6-8-17(9-7-16)28-14-20(27)23-21-18-10-11-26(13-19(18)24-25-21)12-15-4-2-1-3-5-15/h1-9H,10-14H2,(H2,23,24,25,27). The van der Waals surface area contributed by atoms with E-state index in [4.69, 9.17) is 16.3 Å². The number of rotatable bonds is 6. The summed E-state index contributed by atoms with van der Waals surface area (Å²) in [7, 11) is 0. The predicted octanol–water partition coefficient (Wildman–Crippen LogP) is 3.64. The van der Waals surface area contributed by atoms with Gasteiger partial charge in [-0.3, -0.25) is 14.8 Å². The van der Waals surface area contributed by atoms with Crippen LogP contribution in [0.1, 0.15) is 16.8 Å². The van der Waals surface area contributed by atoms with Gasteiger partial charge in [0.1, 0.15) is 5.75 Å². The zero-order chi connectivity index (χ0) is 19.3. The van der Waals surface area contributed by atoms with Crippen molar-refractivity contribution in [2.24, 2.45) is 0 Å². The fourth-order valence-electron chi connectivity index (χ4n) is 3.30. The largest absolute Gasteiger partial charge is 0.484 e. The van der Waals surface area contributed by atoms with Crippen molar-refractivity contribution in [1.82, 2.24) is 15.1 Å². The van der Waals surface area contributed by atoms with Gasteiger partial charge in [-0.1, -0.05) is 41.9 Å². The number of ether oxygens (including phenoxy) is 1. The summed E-state index contributed by atoms with van der Waals surface area (Å²) in [5, 5.41) is 10.8. The minimum atomic E-state index is -0.240. The number of anilines is 1. The molecule has 0 fully saturated rings. The van der Waals surface area contributed by atoms with Gasteiger partial charge < -0.3 is 10.1 Å². The van der Waals surface area contributed by atoms with E-state index >= 15 is 0 Å². The zero-order valence-corrected chi connectivity index (χ0v) is 16.1. The minimum Gasteiger partial charge on any atom is -0.484 e. The second kappa shape index (κ2) is 8.46. The number of hydrogen-bond acceptors (Lipinski definition) is 4. The van der Waals surface area contributed by atoms with Crippen LogP contribution >= 0.6 is 11.6 Å². The maximum Gasteiger partial charge on any atom is 0.263 e. The number of nitrogens with zero attached hydrogens (tertiary/aromatic N) is 2. The highest BCUT2D eigenvalue weighted by Crippen LogP contribution is 2.24. The number of nitrogens with one attached hydrogen (secondary N) is 2. The van der Waals surface area contributed by atoms with Crippen LogP contribution in [0.2, 0.25) is 5.02 Å². The molecule has 144 valence electrons. The molecular weight excluding hydrogens is 376 g/mol. The number of H-pyrrole nitrogens is 1. The van der Waals surface area contributed by atoms with Crippen LogP contribution in [0.25, 0.3) is 0 Å². The number of amides is 1. The molecular formula is C21H21ClN4O2. The molecule has 3 aromatic rings. The smallest absolute Gasteiger partial charge is 0.263 e. The number of carbonyl (C=O) groups is 1. The third kappa shape index (κ3) is 4.52. The first kappa shape index (κ1) is 18.5. The third-order valence-electron chi connectivity index (χ3n) is 4.70. The van der Waals surface area contributed by atoms with E-state index in [0.29, 0.717) is 16.6 Å². The highest BCUT2D eigenvalue weighted by atomic mass is 35.5. The number of aromatic amines is 1. The van der Waals surface area contributed by atoms with Crippen LogP contribution in [0, 0.1) is 0 Å². The zero-order valence-electron chi connectivity index (χ0n) is 15.3. The van der Waals surface area contributed by atoms with Crippen molar-refractivity contribution in [1.29, 1.82) is 0 Å². The summed E-state index contributed by atoms with van der Waals surface area (Å²) in [6.07, 6.45) is 0.840. The van der Waals surface area contributed by atoms with Crippen molar-refractivity contribution in [2.75, 3.05) is 18.5 Å². The van der Waals surface area contributed by atoms with Gasteiger partial charge in [0.25, 0.3) is 5.91 Å². The quantitative estimate of drug-likeness (QED) is 0.667. The normalized spacial score (nSPS) is 13.8. The Labute approximate surface area is 168 Å². The highest BCUT2D eigenvalue weighted by molar-refractivity contribution is 6.30. The maximum atomic E-state index is 12.2. The Morgan fingerprint density at radius 2 is 1.96 bits per heavy atom. The third-order valence-corrected chi connectivity index (χ3v) is 4.95. The van der Waals surface area contributed by atoms with E-state index in [1.165, 1.54) is 5.56 Å². The minimum absolute atomic E-state index is 0.0800. The van der Waals surface area contributed by atoms with Gasteiger partial charge >= 0.3 is 0 Å². The molecule has 0 unspecified atom stereocenters. The summed E-state index contributed by atoms with van der Waals surface area (Å²) in [6.45, 7) is 2.53. The van der Waals surface area contributed by atoms with Gasteiger partial charge in [-0.25, -0.2) is 0 Å². The molecule has 0 spiro atoms. The number of aromatic nitrogens is 2. The van der Waals surface area contributed by atoms with Gasteiger partial charge in [-0.05, 0) is 36.2 Å². The van der Waals surface area contributed by atoms with Crippen molar-refractivity contribution in [3.63, 3.8) is 0 Å².